The van der Waals surface area contributed by atoms with Gasteiger partial charge >= 0.3 is 0 Å². The van der Waals surface area contributed by atoms with Gasteiger partial charge in [0, 0.05) is 0 Å². The van der Waals surface area contributed by atoms with Gasteiger partial charge in [-0.15, -0.1) is 0 Å². The summed E-state index contributed by atoms with van der Waals surface area (Å²) >= 11 is 0. The fourth-order valence-electron chi connectivity index (χ4n) is 1.85. The molecule has 1 heterocycles. The van der Waals surface area contributed by atoms with Gasteiger partial charge in [0.05, 0.1) is 25.9 Å². The average molecular weight is 246 g/mol. The zero-order chi connectivity index (χ0) is 12.5. The van der Waals surface area contributed by atoms with Crippen molar-refractivity contribution in [2.75, 3.05) is 19.8 Å². The van der Waals surface area contributed by atoms with Gasteiger partial charge in [-0.1, -0.05) is 26.2 Å². The molecule has 0 radical (unpaired) electrons. The summed E-state index contributed by atoms with van der Waals surface area (Å²) in [7, 11) is 0. The molecule has 3 atom stereocenters. The predicted molar refractivity (Wildman–Crippen MR) is 65.9 cm³/mol. The molecule has 1 fully saturated rings. The summed E-state index contributed by atoms with van der Waals surface area (Å²) < 4.78 is 16.5. The number of hydrogen-bond acceptors (Lipinski definition) is 4. The molecule has 4 heteroatoms. The van der Waals surface area contributed by atoms with Crippen molar-refractivity contribution < 1.29 is 19.3 Å². The summed E-state index contributed by atoms with van der Waals surface area (Å²) in [6.07, 6.45) is 5.50. The maximum absolute atomic E-state index is 9.05. The Morgan fingerprint density at radius 1 is 1.35 bits per heavy atom. The fraction of sp³-hybridized carbons (Fsp3) is 1.00. The van der Waals surface area contributed by atoms with E-state index in [0.29, 0.717) is 19.8 Å². The number of aliphatic hydroxyl groups is 1. The average Bonchev–Trinajstić information content (AvgIpc) is 2.72. The fourth-order valence-corrected chi connectivity index (χ4v) is 1.85. The SMILES string of the molecule is CCCCCCC1OCC(COCC(C)O)O1. The highest BCUT2D eigenvalue weighted by Gasteiger charge is 2.25. The van der Waals surface area contributed by atoms with Crippen LogP contribution in [0.3, 0.4) is 0 Å². The Morgan fingerprint density at radius 2 is 2.18 bits per heavy atom. The third kappa shape index (κ3) is 6.99. The summed E-state index contributed by atoms with van der Waals surface area (Å²) in [6, 6.07) is 0. The third-order valence-electron chi connectivity index (χ3n) is 2.77. The molecule has 1 aliphatic rings. The van der Waals surface area contributed by atoms with E-state index in [2.05, 4.69) is 6.92 Å². The summed E-state index contributed by atoms with van der Waals surface area (Å²) in [6.45, 7) is 5.40. The number of aliphatic hydroxyl groups excluding tert-OH is 1. The van der Waals surface area contributed by atoms with Crippen molar-refractivity contribution in [3.8, 4) is 0 Å². The first-order valence-electron chi connectivity index (χ1n) is 6.75. The predicted octanol–water partition coefficient (Wildman–Crippen LogP) is 2.10. The maximum Gasteiger partial charge on any atom is 0.158 e. The molecule has 1 aliphatic heterocycles. The van der Waals surface area contributed by atoms with Crippen LogP contribution in [0.2, 0.25) is 0 Å². The van der Waals surface area contributed by atoms with E-state index in [1.54, 1.807) is 6.92 Å². The minimum Gasteiger partial charge on any atom is -0.391 e. The van der Waals surface area contributed by atoms with Gasteiger partial charge < -0.3 is 19.3 Å². The van der Waals surface area contributed by atoms with Gasteiger partial charge in [-0.2, -0.15) is 0 Å². The number of rotatable bonds is 9. The monoisotopic (exact) mass is 246 g/mol. The van der Waals surface area contributed by atoms with E-state index in [0.717, 1.165) is 6.42 Å². The molecule has 0 bridgehead atoms. The number of unbranched alkanes of at least 4 members (excludes halogenated alkanes) is 3. The quantitative estimate of drug-likeness (QED) is 0.633. The molecule has 102 valence electrons. The highest BCUT2D eigenvalue weighted by molar-refractivity contribution is 4.65. The second kappa shape index (κ2) is 8.86. The lowest BCUT2D eigenvalue weighted by Gasteiger charge is -2.12. The number of hydrogen-bond donors (Lipinski definition) is 1. The van der Waals surface area contributed by atoms with E-state index in [-0.39, 0.29) is 12.4 Å². The molecule has 4 nitrogen and oxygen atoms in total. The van der Waals surface area contributed by atoms with Crippen LogP contribution in [0.25, 0.3) is 0 Å². The maximum atomic E-state index is 9.05. The first-order chi connectivity index (χ1) is 8.22. The van der Waals surface area contributed by atoms with Gasteiger partial charge in [0.25, 0.3) is 0 Å². The van der Waals surface area contributed by atoms with Crippen molar-refractivity contribution in [3.63, 3.8) is 0 Å². The first-order valence-corrected chi connectivity index (χ1v) is 6.75. The molecule has 1 rings (SSSR count). The van der Waals surface area contributed by atoms with Crippen molar-refractivity contribution in [2.24, 2.45) is 0 Å². The second-order valence-corrected chi connectivity index (χ2v) is 4.76. The number of ether oxygens (including phenoxy) is 3. The summed E-state index contributed by atoms with van der Waals surface area (Å²) in [4.78, 5) is 0. The smallest absolute Gasteiger partial charge is 0.158 e. The van der Waals surface area contributed by atoms with Gasteiger partial charge in [0.1, 0.15) is 6.10 Å². The minimum atomic E-state index is -0.415. The molecule has 0 aromatic carbocycles. The molecule has 0 aromatic heterocycles. The van der Waals surface area contributed by atoms with E-state index < -0.39 is 6.10 Å². The van der Waals surface area contributed by atoms with Crippen molar-refractivity contribution in [1.82, 2.24) is 0 Å². The van der Waals surface area contributed by atoms with Crippen molar-refractivity contribution in [2.45, 2.75) is 64.4 Å². The Kier molecular flexibility index (Phi) is 7.77. The van der Waals surface area contributed by atoms with Crippen LogP contribution in [0.4, 0.5) is 0 Å². The molecular formula is C13H26O4. The van der Waals surface area contributed by atoms with Crippen molar-refractivity contribution in [3.05, 3.63) is 0 Å². The molecule has 0 spiro atoms. The van der Waals surface area contributed by atoms with E-state index in [4.69, 9.17) is 19.3 Å². The molecule has 0 amide bonds. The molecule has 1 saturated heterocycles. The highest BCUT2D eigenvalue weighted by Crippen LogP contribution is 2.18. The van der Waals surface area contributed by atoms with E-state index in [1.807, 2.05) is 0 Å². The van der Waals surface area contributed by atoms with Crippen LogP contribution in [0.1, 0.15) is 46.0 Å². The van der Waals surface area contributed by atoms with Crippen LogP contribution in [0.5, 0.6) is 0 Å². The van der Waals surface area contributed by atoms with E-state index >= 15 is 0 Å². The molecule has 0 aromatic rings. The molecule has 0 aliphatic carbocycles. The van der Waals surface area contributed by atoms with Crippen molar-refractivity contribution in [1.29, 1.82) is 0 Å². The largest absolute Gasteiger partial charge is 0.391 e. The Bertz CT molecular complexity index is 184. The topological polar surface area (TPSA) is 47.9 Å². The molecule has 0 saturated carbocycles. The van der Waals surface area contributed by atoms with Gasteiger partial charge in [0.2, 0.25) is 0 Å². The molecular weight excluding hydrogens is 220 g/mol. The Hall–Kier alpha value is -0.160. The van der Waals surface area contributed by atoms with Crippen LogP contribution < -0.4 is 0 Å². The summed E-state index contributed by atoms with van der Waals surface area (Å²) in [5.74, 6) is 0. The third-order valence-corrected chi connectivity index (χ3v) is 2.77. The van der Waals surface area contributed by atoms with Gasteiger partial charge in [-0.3, -0.25) is 0 Å². The lowest BCUT2D eigenvalue weighted by atomic mass is 10.1. The highest BCUT2D eigenvalue weighted by atomic mass is 16.7. The summed E-state index contributed by atoms with van der Waals surface area (Å²) in [5.41, 5.74) is 0. The van der Waals surface area contributed by atoms with Crippen LogP contribution >= 0.6 is 0 Å². The molecule has 3 unspecified atom stereocenters. The molecule has 1 N–H and O–H groups in total. The van der Waals surface area contributed by atoms with Gasteiger partial charge in [-0.05, 0) is 19.8 Å². The van der Waals surface area contributed by atoms with Crippen LogP contribution in [-0.4, -0.2) is 43.4 Å². The Morgan fingerprint density at radius 3 is 2.88 bits per heavy atom. The summed E-state index contributed by atoms with van der Waals surface area (Å²) in [5, 5.41) is 9.05. The van der Waals surface area contributed by atoms with Crippen LogP contribution in [-0.2, 0) is 14.2 Å². The minimum absolute atomic E-state index is 0.0323. The van der Waals surface area contributed by atoms with Gasteiger partial charge in [-0.25, -0.2) is 0 Å². The lowest BCUT2D eigenvalue weighted by molar-refractivity contribution is -0.0797. The van der Waals surface area contributed by atoms with Crippen molar-refractivity contribution >= 4 is 0 Å². The zero-order valence-electron chi connectivity index (χ0n) is 11.1. The van der Waals surface area contributed by atoms with E-state index in [1.165, 1.54) is 25.7 Å². The Labute approximate surface area is 104 Å². The van der Waals surface area contributed by atoms with Gasteiger partial charge in [0.15, 0.2) is 6.29 Å². The second-order valence-electron chi connectivity index (χ2n) is 4.76. The first kappa shape index (κ1) is 14.9. The van der Waals surface area contributed by atoms with Crippen LogP contribution in [0, 0.1) is 0 Å². The molecule has 17 heavy (non-hydrogen) atoms. The van der Waals surface area contributed by atoms with Crippen LogP contribution in [0.15, 0.2) is 0 Å². The lowest BCUT2D eigenvalue weighted by Crippen LogP contribution is -2.22. The van der Waals surface area contributed by atoms with E-state index in [9.17, 15) is 0 Å². The Balaban J connectivity index is 1.98. The normalized spacial score (nSPS) is 26.3. The zero-order valence-corrected chi connectivity index (χ0v) is 11.1. The standard InChI is InChI=1S/C13H26O4/c1-3-4-5-6-7-13-16-10-12(17-13)9-15-8-11(2)14/h11-14H,3-10H2,1-2H3.